The smallest absolute Gasteiger partial charge is 0.265 e. The molecule has 1 aromatic heterocycles. The molecule has 2 aromatic rings. The van der Waals surface area contributed by atoms with Crippen LogP contribution in [-0.4, -0.2) is 37.1 Å². The fourth-order valence-electron chi connectivity index (χ4n) is 2.60. The van der Waals surface area contributed by atoms with Crippen molar-refractivity contribution in [1.82, 2.24) is 4.90 Å². The second-order valence-corrected chi connectivity index (χ2v) is 6.36. The maximum absolute atomic E-state index is 13.3. The van der Waals surface area contributed by atoms with E-state index in [1.807, 2.05) is 0 Å². The Morgan fingerprint density at radius 3 is 3.10 bits per heavy atom. The van der Waals surface area contributed by atoms with Crippen molar-refractivity contribution < 1.29 is 13.9 Å². The minimum absolute atomic E-state index is 0.104. The lowest BCUT2D eigenvalue weighted by Crippen LogP contribution is -2.33. The number of nitrogen functional groups attached to an aromatic ring is 1. The maximum atomic E-state index is 13.3. The Kier molecular flexibility index (Phi) is 3.82. The Morgan fingerprint density at radius 1 is 1.57 bits per heavy atom. The number of nitrogens with zero attached hydrogens (tertiary/aromatic N) is 1. The van der Waals surface area contributed by atoms with E-state index in [0.717, 1.165) is 24.1 Å². The number of hydrogen-bond donors (Lipinski definition) is 1. The largest absolute Gasteiger partial charge is 0.397 e. The van der Waals surface area contributed by atoms with Crippen molar-refractivity contribution in [2.24, 2.45) is 0 Å². The summed E-state index contributed by atoms with van der Waals surface area (Å²) in [6.45, 7) is 1.32. The molecule has 1 aliphatic heterocycles. The van der Waals surface area contributed by atoms with Crippen LogP contribution in [0.2, 0.25) is 0 Å². The van der Waals surface area contributed by atoms with Gasteiger partial charge in [0.15, 0.2) is 0 Å². The molecule has 1 aliphatic rings. The lowest BCUT2D eigenvalue weighted by atomic mass is 10.2. The van der Waals surface area contributed by atoms with Crippen LogP contribution in [0.1, 0.15) is 22.5 Å². The number of fused-ring (bicyclic) bond motifs is 1. The van der Waals surface area contributed by atoms with Gasteiger partial charge in [-0.05, 0) is 31.0 Å². The van der Waals surface area contributed by atoms with E-state index in [9.17, 15) is 9.18 Å². The Morgan fingerprint density at radius 2 is 2.38 bits per heavy atom. The number of nitrogens with two attached hydrogens (primary N) is 1. The van der Waals surface area contributed by atoms with E-state index in [-0.39, 0.29) is 17.8 Å². The second-order valence-electron chi connectivity index (χ2n) is 5.31. The number of hydrogen-bond acceptors (Lipinski definition) is 4. The van der Waals surface area contributed by atoms with E-state index in [4.69, 9.17) is 10.5 Å². The topological polar surface area (TPSA) is 55.6 Å². The Bertz CT molecular complexity index is 680. The molecule has 1 atom stereocenters. The number of rotatable bonds is 3. The van der Waals surface area contributed by atoms with Crippen LogP contribution in [0.5, 0.6) is 0 Å². The summed E-state index contributed by atoms with van der Waals surface area (Å²) in [5, 5.41) is 0.605. The van der Waals surface area contributed by atoms with Gasteiger partial charge >= 0.3 is 0 Å². The third kappa shape index (κ3) is 2.73. The summed E-state index contributed by atoms with van der Waals surface area (Å²) in [7, 11) is 1.74. The Labute approximate surface area is 126 Å². The second kappa shape index (κ2) is 5.61. The molecule has 1 fully saturated rings. The van der Waals surface area contributed by atoms with Gasteiger partial charge < -0.3 is 15.4 Å². The maximum Gasteiger partial charge on any atom is 0.265 e. The van der Waals surface area contributed by atoms with Crippen molar-refractivity contribution >= 4 is 33.0 Å². The van der Waals surface area contributed by atoms with E-state index in [2.05, 4.69) is 0 Å². The first-order chi connectivity index (χ1) is 10.1. The van der Waals surface area contributed by atoms with Crippen molar-refractivity contribution in [3.8, 4) is 0 Å². The van der Waals surface area contributed by atoms with Gasteiger partial charge in [0.1, 0.15) is 10.7 Å². The van der Waals surface area contributed by atoms with Crippen molar-refractivity contribution in [2.75, 3.05) is 25.9 Å². The summed E-state index contributed by atoms with van der Waals surface area (Å²) < 4.78 is 19.7. The van der Waals surface area contributed by atoms with E-state index in [0.29, 0.717) is 22.5 Å². The lowest BCUT2D eigenvalue weighted by Gasteiger charge is -2.20. The van der Waals surface area contributed by atoms with Crippen molar-refractivity contribution in [2.45, 2.75) is 18.9 Å². The van der Waals surface area contributed by atoms with Crippen LogP contribution in [0, 0.1) is 5.82 Å². The first-order valence-electron chi connectivity index (χ1n) is 6.91. The van der Waals surface area contributed by atoms with Gasteiger partial charge in [-0.15, -0.1) is 11.3 Å². The van der Waals surface area contributed by atoms with Gasteiger partial charge in [0, 0.05) is 30.3 Å². The number of carbonyl (C=O) groups excluding carboxylic acids is 1. The lowest BCUT2D eigenvalue weighted by molar-refractivity contribution is 0.0591. The highest BCUT2D eigenvalue weighted by Gasteiger charge is 2.24. The Hall–Kier alpha value is -1.66. The summed E-state index contributed by atoms with van der Waals surface area (Å²) in [6.07, 6.45) is 2.12. The number of ether oxygens (including phenoxy) is 1. The average Bonchev–Trinajstić information content (AvgIpc) is 3.07. The average molecular weight is 308 g/mol. The number of amides is 1. The molecule has 0 aliphatic carbocycles. The summed E-state index contributed by atoms with van der Waals surface area (Å²) in [4.78, 5) is 14.6. The van der Waals surface area contributed by atoms with Crippen LogP contribution in [0.25, 0.3) is 10.1 Å². The summed E-state index contributed by atoms with van der Waals surface area (Å²) >= 11 is 1.30. The molecule has 112 valence electrons. The molecule has 2 N–H and O–H groups in total. The van der Waals surface area contributed by atoms with Crippen LogP contribution in [0.4, 0.5) is 10.1 Å². The zero-order valence-electron chi connectivity index (χ0n) is 11.8. The van der Waals surface area contributed by atoms with Crippen molar-refractivity contribution in [1.29, 1.82) is 0 Å². The number of anilines is 1. The Balaban J connectivity index is 1.85. The van der Waals surface area contributed by atoms with Gasteiger partial charge in [0.05, 0.1) is 11.8 Å². The van der Waals surface area contributed by atoms with Gasteiger partial charge in [-0.1, -0.05) is 0 Å². The SMILES string of the molecule is CN(CC1CCCO1)C(=O)c1sc2ccc(F)cc2c1N. The molecule has 3 rings (SSSR count). The zero-order valence-corrected chi connectivity index (χ0v) is 12.6. The molecule has 0 bridgehead atoms. The van der Waals surface area contributed by atoms with Crippen LogP contribution in [0.3, 0.4) is 0 Å². The van der Waals surface area contributed by atoms with E-state index >= 15 is 0 Å². The predicted molar refractivity (Wildman–Crippen MR) is 82.1 cm³/mol. The molecule has 0 spiro atoms. The third-order valence-electron chi connectivity index (χ3n) is 3.73. The van der Waals surface area contributed by atoms with Crippen LogP contribution >= 0.6 is 11.3 Å². The molecule has 2 heterocycles. The zero-order chi connectivity index (χ0) is 15.0. The number of halogens is 1. The van der Waals surface area contributed by atoms with E-state index in [1.54, 1.807) is 18.0 Å². The first-order valence-corrected chi connectivity index (χ1v) is 7.72. The normalized spacial score (nSPS) is 18.3. The van der Waals surface area contributed by atoms with Gasteiger partial charge in [0.25, 0.3) is 5.91 Å². The molecule has 4 nitrogen and oxygen atoms in total. The highest BCUT2D eigenvalue weighted by Crippen LogP contribution is 2.34. The molecule has 6 heteroatoms. The number of benzene rings is 1. The van der Waals surface area contributed by atoms with Gasteiger partial charge in [0.2, 0.25) is 0 Å². The molecular weight excluding hydrogens is 291 g/mol. The summed E-state index contributed by atoms with van der Waals surface area (Å²) in [6, 6.07) is 4.41. The highest BCUT2D eigenvalue weighted by atomic mass is 32.1. The monoisotopic (exact) mass is 308 g/mol. The van der Waals surface area contributed by atoms with Crippen LogP contribution < -0.4 is 5.73 Å². The minimum atomic E-state index is -0.348. The molecular formula is C15H17FN2O2S. The van der Waals surface area contributed by atoms with Gasteiger partial charge in [-0.2, -0.15) is 0 Å². The highest BCUT2D eigenvalue weighted by molar-refractivity contribution is 7.21. The van der Waals surface area contributed by atoms with Crippen LogP contribution in [-0.2, 0) is 4.74 Å². The quantitative estimate of drug-likeness (QED) is 0.948. The summed E-state index contributed by atoms with van der Waals surface area (Å²) in [5.41, 5.74) is 6.38. The minimum Gasteiger partial charge on any atom is -0.397 e. The van der Waals surface area contributed by atoms with Gasteiger partial charge in [-0.25, -0.2) is 4.39 Å². The molecule has 1 unspecified atom stereocenters. The van der Waals surface area contributed by atoms with Gasteiger partial charge in [-0.3, -0.25) is 4.79 Å². The van der Waals surface area contributed by atoms with E-state index < -0.39 is 0 Å². The van der Waals surface area contributed by atoms with Crippen molar-refractivity contribution in [3.63, 3.8) is 0 Å². The van der Waals surface area contributed by atoms with Crippen LogP contribution in [0.15, 0.2) is 18.2 Å². The molecule has 1 amide bonds. The fourth-order valence-corrected chi connectivity index (χ4v) is 3.70. The van der Waals surface area contributed by atoms with E-state index in [1.165, 1.54) is 23.5 Å². The number of thiophene rings is 1. The standard InChI is InChI=1S/C15H17FN2O2S/c1-18(8-10-3-2-6-20-10)15(19)14-13(17)11-7-9(16)4-5-12(11)21-14/h4-5,7,10H,2-3,6,8,17H2,1H3. The first kappa shape index (κ1) is 14.3. The number of likely N-dealkylation sites (N-methyl/N-ethyl adjacent to an activating group) is 1. The summed E-state index contributed by atoms with van der Waals surface area (Å²) in [5.74, 6) is -0.483. The molecule has 1 saturated heterocycles. The molecule has 1 aromatic carbocycles. The molecule has 0 saturated carbocycles. The predicted octanol–water partition coefficient (Wildman–Crippen LogP) is 2.87. The van der Waals surface area contributed by atoms with Crippen molar-refractivity contribution in [3.05, 3.63) is 28.9 Å². The molecule has 21 heavy (non-hydrogen) atoms. The molecule has 0 radical (unpaired) electrons. The fraction of sp³-hybridized carbons (Fsp3) is 0.400. The third-order valence-corrected chi connectivity index (χ3v) is 4.91. The number of carbonyl (C=O) groups is 1.